The van der Waals surface area contributed by atoms with E-state index in [4.69, 9.17) is 0 Å². The third-order valence-corrected chi connectivity index (χ3v) is 5.46. The lowest BCUT2D eigenvalue weighted by Gasteiger charge is -2.28. The van der Waals surface area contributed by atoms with Gasteiger partial charge < -0.3 is 5.32 Å². The summed E-state index contributed by atoms with van der Waals surface area (Å²) in [5.74, 6) is 0.581. The molecule has 0 aliphatic carbocycles. The summed E-state index contributed by atoms with van der Waals surface area (Å²) in [6, 6.07) is 7.95. The van der Waals surface area contributed by atoms with Crippen LogP contribution in [0.1, 0.15) is 11.1 Å². The number of nitrogens with zero attached hydrogens (tertiary/aromatic N) is 1. The maximum Gasteiger partial charge on any atom is 0.215 e. The van der Waals surface area contributed by atoms with Crippen LogP contribution in [0.15, 0.2) is 24.3 Å². The van der Waals surface area contributed by atoms with Crippen molar-refractivity contribution in [1.82, 2.24) is 9.62 Å². The van der Waals surface area contributed by atoms with Gasteiger partial charge >= 0.3 is 0 Å². The van der Waals surface area contributed by atoms with Crippen LogP contribution in [0, 0.1) is 5.92 Å². The standard InChI is InChI=1S/C12H16N2O2S/c15-17(16,9-10-5-13-6-10)14-7-11-3-1-2-4-12(11)8-14/h1-4,10,13H,5-9H2. The van der Waals surface area contributed by atoms with E-state index in [2.05, 4.69) is 5.32 Å². The van der Waals surface area contributed by atoms with Gasteiger partial charge in [-0.05, 0) is 17.0 Å². The summed E-state index contributed by atoms with van der Waals surface area (Å²) < 4.78 is 26.0. The Morgan fingerprint density at radius 3 is 2.24 bits per heavy atom. The highest BCUT2D eigenvalue weighted by atomic mass is 32.2. The molecule has 1 aromatic rings. The van der Waals surface area contributed by atoms with Crippen LogP contribution in [0.4, 0.5) is 0 Å². The number of benzene rings is 1. The van der Waals surface area contributed by atoms with Gasteiger partial charge in [0.1, 0.15) is 0 Å². The maximum absolute atomic E-state index is 12.2. The molecule has 0 spiro atoms. The summed E-state index contributed by atoms with van der Waals surface area (Å²) in [6.45, 7) is 2.75. The average Bonchev–Trinajstić information content (AvgIpc) is 2.68. The van der Waals surface area contributed by atoms with Crippen molar-refractivity contribution >= 4 is 10.0 Å². The van der Waals surface area contributed by atoms with E-state index in [1.54, 1.807) is 4.31 Å². The number of fused-ring (bicyclic) bond motifs is 1. The summed E-state index contributed by atoms with van der Waals surface area (Å²) in [6.07, 6.45) is 0. The monoisotopic (exact) mass is 252 g/mol. The Hall–Kier alpha value is -0.910. The Kier molecular flexibility index (Phi) is 2.69. The maximum atomic E-state index is 12.2. The minimum absolute atomic E-state index is 0.286. The van der Waals surface area contributed by atoms with Gasteiger partial charge in [-0.3, -0.25) is 0 Å². The molecular weight excluding hydrogens is 236 g/mol. The van der Waals surface area contributed by atoms with Crippen molar-refractivity contribution in [2.45, 2.75) is 13.1 Å². The van der Waals surface area contributed by atoms with Gasteiger partial charge in [0, 0.05) is 26.2 Å². The van der Waals surface area contributed by atoms with E-state index < -0.39 is 10.0 Å². The summed E-state index contributed by atoms with van der Waals surface area (Å²) in [7, 11) is -3.09. The molecule has 0 atom stereocenters. The van der Waals surface area contributed by atoms with Crippen molar-refractivity contribution in [3.05, 3.63) is 35.4 Å². The summed E-state index contributed by atoms with van der Waals surface area (Å²) in [5.41, 5.74) is 2.28. The van der Waals surface area contributed by atoms with Gasteiger partial charge in [-0.25, -0.2) is 8.42 Å². The van der Waals surface area contributed by atoms with Gasteiger partial charge in [0.05, 0.1) is 5.75 Å². The topological polar surface area (TPSA) is 49.4 Å². The van der Waals surface area contributed by atoms with E-state index in [1.165, 1.54) is 0 Å². The largest absolute Gasteiger partial charge is 0.316 e. The molecule has 0 bridgehead atoms. The Balaban J connectivity index is 1.74. The Labute approximate surface area is 102 Å². The van der Waals surface area contributed by atoms with Crippen molar-refractivity contribution in [2.24, 2.45) is 5.92 Å². The molecule has 4 nitrogen and oxygen atoms in total. The van der Waals surface area contributed by atoms with Crippen LogP contribution in [-0.2, 0) is 23.1 Å². The van der Waals surface area contributed by atoms with E-state index in [0.29, 0.717) is 19.0 Å². The molecule has 2 aliphatic rings. The SMILES string of the molecule is O=S(=O)(CC1CNC1)N1Cc2ccccc2C1. The molecule has 17 heavy (non-hydrogen) atoms. The van der Waals surface area contributed by atoms with Crippen LogP contribution >= 0.6 is 0 Å². The lowest BCUT2D eigenvalue weighted by atomic mass is 10.1. The number of rotatable bonds is 3. The third kappa shape index (κ3) is 2.10. The normalized spacial score (nSPS) is 21.2. The molecule has 1 fully saturated rings. The van der Waals surface area contributed by atoms with E-state index in [1.807, 2.05) is 24.3 Å². The first-order chi connectivity index (χ1) is 8.15. The van der Waals surface area contributed by atoms with Gasteiger partial charge in [-0.2, -0.15) is 4.31 Å². The molecular formula is C12H16N2O2S. The number of hydrogen-bond acceptors (Lipinski definition) is 3. The summed E-state index contributed by atoms with van der Waals surface area (Å²) in [5, 5.41) is 3.11. The molecule has 92 valence electrons. The molecule has 0 saturated carbocycles. The fourth-order valence-corrected chi connectivity index (χ4v) is 4.08. The second-order valence-corrected chi connectivity index (χ2v) is 6.85. The first kappa shape index (κ1) is 11.2. The quantitative estimate of drug-likeness (QED) is 0.855. The van der Waals surface area contributed by atoms with Crippen LogP contribution in [-0.4, -0.2) is 31.6 Å². The lowest BCUT2D eigenvalue weighted by Crippen LogP contribution is -2.47. The fourth-order valence-electron chi connectivity index (χ4n) is 2.37. The first-order valence-corrected chi connectivity index (χ1v) is 7.51. The second-order valence-electron chi connectivity index (χ2n) is 4.84. The number of hydrogen-bond donors (Lipinski definition) is 1. The van der Waals surface area contributed by atoms with Gasteiger partial charge in [-0.1, -0.05) is 24.3 Å². The van der Waals surface area contributed by atoms with E-state index in [0.717, 1.165) is 24.2 Å². The zero-order valence-electron chi connectivity index (χ0n) is 9.59. The van der Waals surface area contributed by atoms with E-state index in [9.17, 15) is 8.42 Å². The molecule has 1 aromatic carbocycles. The zero-order valence-corrected chi connectivity index (χ0v) is 10.4. The molecule has 2 heterocycles. The zero-order chi connectivity index (χ0) is 11.9. The minimum Gasteiger partial charge on any atom is -0.316 e. The Morgan fingerprint density at radius 2 is 1.76 bits per heavy atom. The van der Waals surface area contributed by atoms with Crippen LogP contribution in [0.3, 0.4) is 0 Å². The molecule has 1 saturated heterocycles. The number of nitrogens with one attached hydrogen (secondary N) is 1. The van der Waals surface area contributed by atoms with E-state index in [-0.39, 0.29) is 5.75 Å². The smallest absolute Gasteiger partial charge is 0.215 e. The highest BCUT2D eigenvalue weighted by Gasteiger charge is 2.32. The molecule has 0 radical (unpaired) electrons. The third-order valence-electron chi connectivity index (χ3n) is 3.52. The minimum atomic E-state index is -3.09. The van der Waals surface area contributed by atoms with Crippen molar-refractivity contribution in [3.8, 4) is 0 Å². The van der Waals surface area contributed by atoms with Crippen molar-refractivity contribution < 1.29 is 8.42 Å². The second kappa shape index (κ2) is 4.08. The van der Waals surface area contributed by atoms with Gasteiger partial charge in [-0.15, -0.1) is 0 Å². The number of sulfonamides is 1. The van der Waals surface area contributed by atoms with Crippen molar-refractivity contribution in [1.29, 1.82) is 0 Å². The molecule has 0 unspecified atom stereocenters. The lowest BCUT2D eigenvalue weighted by molar-refractivity contribution is 0.362. The molecule has 0 aromatic heterocycles. The van der Waals surface area contributed by atoms with Crippen LogP contribution in [0.5, 0.6) is 0 Å². The van der Waals surface area contributed by atoms with E-state index >= 15 is 0 Å². The average molecular weight is 252 g/mol. The molecule has 5 heteroatoms. The Morgan fingerprint density at radius 1 is 1.18 bits per heavy atom. The molecule has 1 N–H and O–H groups in total. The van der Waals surface area contributed by atoms with Crippen LogP contribution < -0.4 is 5.32 Å². The Bertz CT molecular complexity index is 498. The van der Waals surface area contributed by atoms with Gasteiger partial charge in [0.25, 0.3) is 0 Å². The predicted octanol–water partition coefficient (Wildman–Crippen LogP) is 0.551. The van der Waals surface area contributed by atoms with Gasteiger partial charge in [0.15, 0.2) is 0 Å². The highest BCUT2D eigenvalue weighted by molar-refractivity contribution is 7.89. The van der Waals surface area contributed by atoms with Crippen molar-refractivity contribution in [2.75, 3.05) is 18.8 Å². The highest BCUT2D eigenvalue weighted by Crippen LogP contribution is 2.26. The van der Waals surface area contributed by atoms with Gasteiger partial charge in [0.2, 0.25) is 10.0 Å². The van der Waals surface area contributed by atoms with Crippen LogP contribution in [0.2, 0.25) is 0 Å². The molecule has 2 aliphatic heterocycles. The fraction of sp³-hybridized carbons (Fsp3) is 0.500. The first-order valence-electron chi connectivity index (χ1n) is 5.90. The molecule has 3 rings (SSSR count). The molecule has 0 amide bonds. The summed E-state index contributed by atoms with van der Waals surface area (Å²) in [4.78, 5) is 0. The van der Waals surface area contributed by atoms with Crippen LogP contribution in [0.25, 0.3) is 0 Å². The van der Waals surface area contributed by atoms with Crippen molar-refractivity contribution in [3.63, 3.8) is 0 Å². The summed E-state index contributed by atoms with van der Waals surface area (Å²) >= 11 is 0. The predicted molar refractivity (Wildman–Crippen MR) is 65.8 cm³/mol.